The number of hydrogen-bond donors (Lipinski definition) is 2. The molecule has 0 radical (unpaired) electrons. The van der Waals surface area contributed by atoms with Crippen molar-refractivity contribution in [2.75, 3.05) is 5.32 Å². The van der Waals surface area contributed by atoms with Gasteiger partial charge in [-0.3, -0.25) is 9.59 Å². The zero-order chi connectivity index (χ0) is 27.0. The summed E-state index contributed by atoms with van der Waals surface area (Å²) in [6.07, 6.45) is -12.5. The van der Waals surface area contributed by atoms with E-state index in [1.165, 1.54) is 39.0 Å². The van der Waals surface area contributed by atoms with E-state index in [0.717, 1.165) is 6.92 Å². The summed E-state index contributed by atoms with van der Waals surface area (Å²) >= 11 is 0. The minimum Gasteiger partial charge on any atom is -0.334 e. The Kier molecular flexibility index (Phi) is 7.26. The number of benzene rings is 2. The van der Waals surface area contributed by atoms with Gasteiger partial charge in [-0.05, 0) is 51.0 Å². The third-order valence-electron chi connectivity index (χ3n) is 5.10. The highest BCUT2D eigenvalue weighted by atomic mass is 19.4. The van der Waals surface area contributed by atoms with Gasteiger partial charge < -0.3 is 10.6 Å². The molecule has 2 N–H and O–H groups in total. The molecule has 0 atom stereocenters. The van der Waals surface area contributed by atoms with Gasteiger partial charge in [0.05, 0.1) is 17.2 Å². The van der Waals surface area contributed by atoms with Gasteiger partial charge in [0.1, 0.15) is 5.54 Å². The van der Waals surface area contributed by atoms with E-state index in [4.69, 9.17) is 5.26 Å². The molecule has 0 unspecified atom stereocenters. The molecule has 0 fully saturated rings. The summed E-state index contributed by atoms with van der Waals surface area (Å²) in [5.74, 6) is -1.65. The Morgan fingerprint density at radius 3 is 1.91 bits per heavy atom. The van der Waals surface area contributed by atoms with Crippen LogP contribution in [0.2, 0.25) is 0 Å². The summed E-state index contributed by atoms with van der Waals surface area (Å²) in [5.41, 5.74) is -8.93. The maximum atomic E-state index is 14.3. The molecule has 2 rings (SSSR count). The van der Waals surface area contributed by atoms with Crippen LogP contribution in [0.4, 0.5) is 36.4 Å². The van der Waals surface area contributed by atoms with Crippen LogP contribution in [0.15, 0.2) is 36.4 Å². The van der Waals surface area contributed by atoms with Gasteiger partial charge in [-0.2, -0.15) is 31.6 Å². The second kappa shape index (κ2) is 9.20. The van der Waals surface area contributed by atoms with Crippen LogP contribution < -0.4 is 10.6 Å². The van der Waals surface area contributed by atoms with Crippen molar-refractivity contribution < 1.29 is 40.3 Å². The summed E-state index contributed by atoms with van der Waals surface area (Å²) in [5, 5.41) is 13.9. The Bertz CT molecular complexity index is 1180. The van der Waals surface area contributed by atoms with Crippen LogP contribution in [0.3, 0.4) is 0 Å². The molecule has 0 saturated carbocycles. The Morgan fingerprint density at radius 2 is 1.43 bits per heavy atom. The van der Waals surface area contributed by atoms with Crippen molar-refractivity contribution in [1.29, 1.82) is 5.26 Å². The van der Waals surface area contributed by atoms with Gasteiger partial charge in [0.15, 0.2) is 0 Å². The zero-order valence-electron chi connectivity index (χ0n) is 18.9. The average Bonchev–Trinajstić information content (AvgIpc) is 2.72. The van der Waals surface area contributed by atoms with E-state index in [1.807, 2.05) is 6.07 Å². The second-order valence-electron chi connectivity index (χ2n) is 8.33. The fourth-order valence-electron chi connectivity index (χ4n) is 3.23. The molecule has 0 aromatic heterocycles. The standard InChI is InChI=1S/C23H20F7N3O2/c1-12-6-5-7-15(17(12)19(35)33-20(3,4)11-31)18(34)32-16-9-8-14(10-13(16)2)21(24,22(25,26)27)23(28,29)30/h5-10H,1-4H3,(H,32,34)(H,33,35). The Morgan fingerprint density at radius 1 is 0.857 bits per heavy atom. The Balaban J connectivity index is 2.45. The van der Waals surface area contributed by atoms with E-state index in [2.05, 4.69) is 10.6 Å². The van der Waals surface area contributed by atoms with Crippen molar-refractivity contribution in [3.05, 3.63) is 64.2 Å². The highest BCUT2D eigenvalue weighted by Gasteiger charge is 2.73. The van der Waals surface area contributed by atoms with Crippen LogP contribution in [-0.4, -0.2) is 29.7 Å². The largest absolute Gasteiger partial charge is 0.435 e. The van der Waals surface area contributed by atoms with Crippen molar-refractivity contribution in [1.82, 2.24) is 5.32 Å². The van der Waals surface area contributed by atoms with Gasteiger partial charge in [0, 0.05) is 11.3 Å². The molecule has 0 aliphatic rings. The molecule has 0 aliphatic carbocycles. The number of nitrogens with zero attached hydrogens (tertiary/aromatic N) is 1. The molecule has 2 aromatic carbocycles. The van der Waals surface area contributed by atoms with Crippen molar-refractivity contribution in [2.45, 2.75) is 51.3 Å². The summed E-state index contributed by atoms with van der Waals surface area (Å²) < 4.78 is 92.5. The summed E-state index contributed by atoms with van der Waals surface area (Å²) in [7, 11) is 0. The fourth-order valence-corrected chi connectivity index (χ4v) is 3.23. The van der Waals surface area contributed by atoms with Crippen LogP contribution in [-0.2, 0) is 5.67 Å². The van der Waals surface area contributed by atoms with E-state index in [0.29, 0.717) is 17.7 Å². The quantitative estimate of drug-likeness (QED) is 0.501. The molecule has 0 heterocycles. The molecular formula is C23H20F7N3O2. The maximum Gasteiger partial charge on any atom is 0.435 e. The van der Waals surface area contributed by atoms with Crippen molar-refractivity contribution in [3.63, 3.8) is 0 Å². The Hall–Kier alpha value is -3.62. The highest BCUT2D eigenvalue weighted by molar-refractivity contribution is 6.13. The van der Waals surface area contributed by atoms with Crippen LogP contribution >= 0.6 is 0 Å². The summed E-state index contributed by atoms with van der Waals surface area (Å²) in [6, 6.07) is 7.47. The first kappa shape index (κ1) is 27.6. The molecule has 2 aromatic rings. The number of carbonyl (C=O) groups excluding carboxylic acids is 2. The number of carbonyl (C=O) groups is 2. The summed E-state index contributed by atoms with van der Waals surface area (Å²) in [4.78, 5) is 25.6. The molecule has 188 valence electrons. The second-order valence-corrected chi connectivity index (χ2v) is 8.33. The third-order valence-corrected chi connectivity index (χ3v) is 5.10. The molecule has 12 heteroatoms. The molecular weight excluding hydrogens is 483 g/mol. The number of anilines is 1. The third kappa shape index (κ3) is 5.39. The van der Waals surface area contributed by atoms with E-state index in [-0.39, 0.29) is 28.4 Å². The van der Waals surface area contributed by atoms with Crippen molar-refractivity contribution in [3.8, 4) is 6.07 Å². The van der Waals surface area contributed by atoms with Gasteiger partial charge >= 0.3 is 18.0 Å². The number of aryl methyl sites for hydroxylation is 2. The van der Waals surface area contributed by atoms with E-state index < -0.39 is 40.9 Å². The normalized spacial score (nSPS) is 12.6. The summed E-state index contributed by atoms with van der Waals surface area (Å²) in [6.45, 7) is 5.48. The average molecular weight is 503 g/mol. The minimum atomic E-state index is -6.27. The van der Waals surface area contributed by atoms with Gasteiger partial charge in [0.25, 0.3) is 11.8 Å². The van der Waals surface area contributed by atoms with E-state index >= 15 is 0 Å². The lowest BCUT2D eigenvalue weighted by Gasteiger charge is -2.30. The number of alkyl halides is 7. The molecule has 35 heavy (non-hydrogen) atoms. The minimum absolute atomic E-state index is 0.0838. The van der Waals surface area contributed by atoms with Crippen LogP contribution in [0.25, 0.3) is 0 Å². The molecule has 2 amide bonds. The number of nitrogens with one attached hydrogen (secondary N) is 2. The van der Waals surface area contributed by atoms with Gasteiger partial charge in [-0.25, -0.2) is 4.39 Å². The molecule has 5 nitrogen and oxygen atoms in total. The number of rotatable bonds is 5. The van der Waals surface area contributed by atoms with Crippen molar-refractivity contribution >= 4 is 17.5 Å². The first-order valence-corrected chi connectivity index (χ1v) is 9.94. The number of hydrogen-bond acceptors (Lipinski definition) is 3. The predicted octanol–water partition coefficient (Wildman–Crippen LogP) is 5.88. The first-order valence-electron chi connectivity index (χ1n) is 9.94. The molecule has 0 bridgehead atoms. The first-order chi connectivity index (χ1) is 15.9. The fraction of sp³-hybridized carbons (Fsp3) is 0.348. The lowest BCUT2D eigenvalue weighted by Crippen LogP contribution is -2.50. The molecule has 0 aliphatic heterocycles. The Labute approximate surface area is 195 Å². The van der Waals surface area contributed by atoms with E-state index in [1.54, 1.807) is 0 Å². The maximum absolute atomic E-state index is 14.3. The zero-order valence-corrected chi connectivity index (χ0v) is 18.9. The van der Waals surface area contributed by atoms with E-state index in [9.17, 15) is 40.3 Å². The lowest BCUT2D eigenvalue weighted by molar-refractivity contribution is -0.348. The van der Waals surface area contributed by atoms with Gasteiger partial charge in [0.2, 0.25) is 0 Å². The SMILES string of the molecule is Cc1cc(C(F)(C(F)(F)F)C(F)(F)F)ccc1NC(=O)c1cccc(C)c1C(=O)NC(C)(C)C#N. The molecule has 0 spiro atoms. The van der Waals surface area contributed by atoms with Crippen LogP contribution in [0.1, 0.15) is 51.3 Å². The number of halogens is 7. The lowest BCUT2D eigenvalue weighted by atomic mass is 9.92. The number of nitriles is 1. The smallest absolute Gasteiger partial charge is 0.334 e. The van der Waals surface area contributed by atoms with Gasteiger partial charge in [-0.1, -0.05) is 24.3 Å². The topological polar surface area (TPSA) is 82.0 Å². The van der Waals surface area contributed by atoms with Crippen molar-refractivity contribution in [2.24, 2.45) is 0 Å². The molecule has 0 saturated heterocycles. The highest BCUT2D eigenvalue weighted by Crippen LogP contribution is 2.53. The van der Waals surface area contributed by atoms with Gasteiger partial charge in [-0.15, -0.1) is 0 Å². The number of amides is 2. The van der Waals surface area contributed by atoms with Crippen LogP contribution in [0.5, 0.6) is 0 Å². The monoisotopic (exact) mass is 503 g/mol. The van der Waals surface area contributed by atoms with Crippen LogP contribution in [0, 0.1) is 25.2 Å². The predicted molar refractivity (Wildman–Crippen MR) is 112 cm³/mol.